The molecule has 2 saturated heterocycles. The summed E-state index contributed by atoms with van der Waals surface area (Å²) in [7, 11) is 2.06. The van der Waals surface area contributed by atoms with Crippen LogP contribution in [0.25, 0.3) is 11.2 Å². The second kappa shape index (κ2) is 9.91. The van der Waals surface area contributed by atoms with Gasteiger partial charge >= 0.3 is 21.5 Å². The molecule has 2 radical (unpaired) electrons. The van der Waals surface area contributed by atoms with Gasteiger partial charge in [0.25, 0.3) is 5.56 Å². The van der Waals surface area contributed by atoms with E-state index in [2.05, 4.69) is 20.3 Å². The molecule has 2 aromatic heterocycles. The molecule has 4 heterocycles. The van der Waals surface area contributed by atoms with Gasteiger partial charge in [-0.1, -0.05) is 12.8 Å². The number of anilines is 1. The van der Waals surface area contributed by atoms with Crippen LogP contribution in [0.3, 0.4) is 0 Å². The average Bonchev–Trinajstić information content (AvgIpc) is 3.31. The molecular formula is C17H26BN7O7P+. The predicted molar refractivity (Wildman–Crippen MR) is 118 cm³/mol. The molecule has 2 fully saturated rings. The number of aromatic amines is 1. The first-order valence-corrected chi connectivity index (χ1v) is 12.2. The highest BCUT2D eigenvalue weighted by Crippen LogP contribution is 2.58. The highest BCUT2D eigenvalue weighted by atomic mass is 31.2. The second-order valence-corrected chi connectivity index (χ2v) is 9.37. The van der Waals surface area contributed by atoms with Gasteiger partial charge in [-0.25, -0.2) is 14.7 Å². The van der Waals surface area contributed by atoms with E-state index in [1.807, 2.05) is 0 Å². The van der Waals surface area contributed by atoms with Crippen LogP contribution in [-0.4, -0.2) is 76.1 Å². The third-order valence-electron chi connectivity index (χ3n) is 5.35. The molecule has 16 heteroatoms. The number of aromatic nitrogens is 4. The van der Waals surface area contributed by atoms with E-state index in [0.717, 1.165) is 25.7 Å². The van der Waals surface area contributed by atoms with E-state index in [-0.39, 0.29) is 23.7 Å². The van der Waals surface area contributed by atoms with Gasteiger partial charge in [0.2, 0.25) is 5.95 Å². The molecule has 2 aliphatic rings. The van der Waals surface area contributed by atoms with Gasteiger partial charge in [-0.3, -0.25) is 14.3 Å². The lowest BCUT2D eigenvalue weighted by Crippen LogP contribution is -2.44. The lowest BCUT2D eigenvalue weighted by Gasteiger charge is -2.29. The van der Waals surface area contributed by atoms with Gasteiger partial charge in [0.1, 0.15) is 12.7 Å². The molecule has 33 heavy (non-hydrogen) atoms. The Morgan fingerprint density at radius 3 is 3.00 bits per heavy atom. The number of imidazole rings is 1. The van der Waals surface area contributed by atoms with Gasteiger partial charge in [-0.2, -0.15) is 14.0 Å². The number of amides is 1. The number of unbranched alkanes of at least 4 members (excludes halogenated alkanes) is 3. The quantitative estimate of drug-likeness (QED) is 0.184. The first-order chi connectivity index (χ1) is 15.8. The van der Waals surface area contributed by atoms with Crippen LogP contribution in [0.1, 0.15) is 31.9 Å². The Kier molecular flexibility index (Phi) is 7.17. The molecule has 0 bridgehead atoms. The van der Waals surface area contributed by atoms with Crippen molar-refractivity contribution in [2.45, 2.75) is 50.2 Å². The van der Waals surface area contributed by atoms with Gasteiger partial charge in [0.15, 0.2) is 29.6 Å². The van der Waals surface area contributed by atoms with Crippen molar-refractivity contribution in [2.24, 2.45) is 5.73 Å². The third kappa shape index (κ3) is 5.29. The minimum absolute atomic E-state index is 0.0309. The molecule has 0 saturated carbocycles. The summed E-state index contributed by atoms with van der Waals surface area (Å²) in [6.07, 6.45) is 0.560. The van der Waals surface area contributed by atoms with E-state index in [4.69, 9.17) is 37.6 Å². The predicted octanol–water partition coefficient (Wildman–Crippen LogP) is -0.533. The Morgan fingerprint density at radius 2 is 2.21 bits per heavy atom. The van der Waals surface area contributed by atoms with Gasteiger partial charge in [0.05, 0.1) is 6.33 Å². The lowest BCUT2D eigenvalue weighted by molar-refractivity contribution is -0.0606. The molecule has 0 aromatic carbocycles. The maximum absolute atomic E-state index is 12.5. The number of hydrogen-bond donors (Lipinski definition) is 5. The number of carbonyl (C=O) groups excluding carboxylic acids is 1. The van der Waals surface area contributed by atoms with E-state index in [1.54, 1.807) is 0 Å². The molecule has 0 spiro atoms. The maximum atomic E-state index is 12.5. The van der Waals surface area contributed by atoms with Crippen LogP contribution >= 0.6 is 7.82 Å². The molecule has 2 unspecified atom stereocenters. The monoisotopic (exact) mass is 482 g/mol. The number of alkyl carbamates (subject to hydrolysis) is 1. The molecule has 14 nitrogen and oxygen atoms in total. The Morgan fingerprint density at radius 1 is 1.42 bits per heavy atom. The van der Waals surface area contributed by atoms with Crippen molar-refractivity contribution in [1.29, 1.82) is 0 Å². The Hall–Kier alpha value is -2.29. The molecule has 0 aliphatic carbocycles. The summed E-state index contributed by atoms with van der Waals surface area (Å²) in [6.45, 7) is 0.971. The normalized spacial score (nSPS) is 29.2. The fraction of sp³-hybridized carbons (Fsp3) is 0.647. The summed E-state index contributed by atoms with van der Waals surface area (Å²) in [5.41, 5.74) is 10.8. The standard InChI is InChI=1S/C17H26BN7O7P/c18-33(28)29-7-9-11(32-33)12(31-17(27)21-6-4-2-1-3-5-19)15(30-9)25-8-22-10-13(25)23-16(20)24-14(10)26/h8-9,11-12,15,28H,1-7,19H2,(H,21,27)(H3,20,23,24,26)/q+1/t9-,11+,12?,15-,33?/m1/s1. The number of nitrogen functional groups attached to an aromatic ring is 1. The topological polar surface area (TPSA) is 202 Å². The summed E-state index contributed by atoms with van der Waals surface area (Å²) < 4.78 is 23.7. The maximum Gasteiger partial charge on any atom is 0.488 e. The summed E-state index contributed by atoms with van der Waals surface area (Å²) in [6, 6.07) is 0. The molecule has 1 amide bonds. The molecule has 5 atom stereocenters. The van der Waals surface area contributed by atoms with E-state index in [1.165, 1.54) is 10.9 Å². The van der Waals surface area contributed by atoms with Gasteiger partial charge in [-0.05, 0) is 19.4 Å². The van der Waals surface area contributed by atoms with Crippen molar-refractivity contribution >= 4 is 38.6 Å². The second-order valence-electron chi connectivity index (χ2n) is 7.77. The van der Waals surface area contributed by atoms with E-state index in [9.17, 15) is 14.5 Å². The minimum Gasteiger partial charge on any atom is -0.438 e. The van der Waals surface area contributed by atoms with Crippen LogP contribution in [0.4, 0.5) is 10.7 Å². The van der Waals surface area contributed by atoms with Crippen molar-refractivity contribution in [3.05, 3.63) is 16.7 Å². The molecule has 2 aliphatic heterocycles. The number of nitrogens with one attached hydrogen (secondary N) is 2. The van der Waals surface area contributed by atoms with Crippen molar-refractivity contribution < 1.29 is 28.2 Å². The van der Waals surface area contributed by atoms with Crippen LogP contribution < -0.4 is 22.3 Å². The van der Waals surface area contributed by atoms with Gasteiger partial charge < -0.3 is 26.3 Å². The summed E-state index contributed by atoms with van der Waals surface area (Å²) in [4.78, 5) is 45.3. The highest BCUT2D eigenvalue weighted by molar-refractivity contribution is 7.85. The number of carbonyl (C=O) groups is 1. The zero-order valence-corrected chi connectivity index (χ0v) is 18.6. The summed E-state index contributed by atoms with van der Waals surface area (Å²) in [5.74, 6) is -0.114. The summed E-state index contributed by atoms with van der Waals surface area (Å²) >= 11 is 0. The fourth-order valence-electron chi connectivity index (χ4n) is 3.81. The third-order valence-corrected chi connectivity index (χ3v) is 6.41. The zero-order valence-electron chi connectivity index (χ0n) is 17.8. The number of ether oxygens (including phenoxy) is 2. The van der Waals surface area contributed by atoms with Crippen LogP contribution in [-0.2, 0) is 18.5 Å². The SMILES string of the molecule is [B][P+]1(O)OC[C@H]2O[C@@H](n3cnc4c(=O)[nH]c(N)nc43)C(OC(=O)NCCCCCCN)[C@H]2O1. The molecule has 178 valence electrons. The first kappa shape index (κ1) is 23.9. The Labute approximate surface area is 190 Å². The van der Waals surface area contributed by atoms with Crippen LogP contribution in [0.15, 0.2) is 11.1 Å². The molecule has 7 N–H and O–H groups in total. The summed E-state index contributed by atoms with van der Waals surface area (Å²) in [5, 5.41) is 2.69. The smallest absolute Gasteiger partial charge is 0.438 e. The number of rotatable bonds is 8. The van der Waals surface area contributed by atoms with E-state index < -0.39 is 44.0 Å². The number of hydrogen-bond acceptors (Lipinski definition) is 11. The van der Waals surface area contributed by atoms with E-state index >= 15 is 0 Å². The molecule has 4 rings (SSSR count). The largest absolute Gasteiger partial charge is 0.488 e. The van der Waals surface area contributed by atoms with Crippen LogP contribution in [0.5, 0.6) is 0 Å². The van der Waals surface area contributed by atoms with E-state index in [0.29, 0.717) is 13.1 Å². The first-order valence-electron chi connectivity index (χ1n) is 10.5. The average molecular weight is 482 g/mol. The van der Waals surface area contributed by atoms with Crippen molar-refractivity contribution in [2.75, 3.05) is 25.4 Å². The van der Waals surface area contributed by atoms with Crippen molar-refractivity contribution in [3.63, 3.8) is 0 Å². The number of nitrogens with zero attached hydrogens (tertiary/aromatic N) is 3. The number of nitrogens with two attached hydrogens (primary N) is 2. The zero-order chi connectivity index (χ0) is 23.6. The lowest BCUT2D eigenvalue weighted by atomic mass is 10.1. The highest BCUT2D eigenvalue weighted by Gasteiger charge is 2.59. The number of H-pyrrole nitrogens is 1. The number of fused-ring (bicyclic) bond motifs is 2. The van der Waals surface area contributed by atoms with Gasteiger partial charge in [0, 0.05) is 6.54 Å². The Bertz CT molecular complexity index is 1050. The van der Waals surface area contributed by atoms with Crippen molar-refractivity contribution in [1.82, 2.24) is 24.8 Å². The molecular weight excluding hydrogens is 456 g/mol. The van der Waals surface area contributed by atoms with Crippen LogP contribution in [0, 0.1) is 0 Å². The van der Waals surface area contributed by atoms with Crippen LogP contribution in [0.2, 0.25) is 0 Å². The molecule has 2 aromatic rings. The van der Waals surface area contributed by atoms with Crippen molar-refractivity contribution in [3.8, 4) is 0 Å². The minimum atomic E-state index is -3.61. The fourth-order valence-corrected chi connectivity index (χ4v) is 4.84. The Balaban J connectivity index is 1.53. The van der Waals surface area contributed by atoms with Gasteiger partial charge in [-0.15, -0.1) is 0 Å².